The van der Waals surface area contributed by atoms with Crippen molar-refractivity contribution in [2.45, 2.75) is 45.1 Å². The van der Waals surface area contributed by atoms with E-state index >= 15 is 0 Å². The van der Waals surface area contributed by atoms with Crippen molar-refractivity contribution < 1.29 is 9.18 Å². The van der Waals surface area contributed by atoms with Crippen molar-refractivity contribution in [1.29, 1.82) is 0 Å². The second kappa shape index (κ2) is 7.01. The smallest absolute Gasteiger partial charge is 0.257 e. The first-order valence-electron chi connectivity index (χ1n) is 9.08. The third-order valence-electron chi connectivity index (χ3n) is 5.38. The topological polar surface area (TPSA) is 67.2 Å². The lowest BCUT2D eigenvalue weighted by Gasteiger charge is -2.31. The molecule has 2 aromatic rings. The fourth-order valence-corrected chi connectivity index (χ4v) is 3.54. The number of nitrogens with zero attached hydrogens (tertiary/aromatic N) is 6. The average molecular weight is 358 g/mol. The molecule has 26 heavy (non-hydrogen) atoms. The van der Waals surface area contributed by atoms with E-state index in [9.17, 15) is 9.18 Å². The van der Waals surface area contributed by atoms with E-state index in [4.69, 9.17) is 0 Å². The summed E-state index contributed by atoms with van der Waals surface area (Å²) in [5.41, 5.74) is 1.98. The first-order chi connectivity index (χ1) is 12.6. The molecule has 4 rings (SSSR count). The molecule has 0 bridgehead atoms. The van der Waals surface area contributed by atoms with Crippen molar-refractivity contribution in [1.82, 2.24) is 24.6 Å². The predicted molar refractivity (Wildman–Crippen MR) is 94.0 cm³/mol. The van der Waals surface area contributed by atoms with Crippen molar-refractivity contribution in [3.05, 3.63) is 35.9 Å². The van der Waals surface area contributed by atoms with Gasteiger partial charge in [0.1, 0.15) is 0 Å². The lowest BCUT2D eigenvalue weighted by molar-refractivity contribution is -0.139. The molecular formula is C18H23FN6O. The van der Waals surface area contributed by atoms with E-state index in [1.807, 2.05) is 4.68 Å². The highest BCUT2D eigenvalue weighted by molar-refractivity contribution is 5.81. The molecule has 1 aliphatic heterocycles. The van der Waals surface area contributed by atoms with Gasteiger partial charge >= 0.3 is 0 Å². The number of hydrogen-bond donors (Lipinski definition) is 0. The standard InChI is InChI=1S/C18H23FN6O/c1-23(17(26)16(19)13-4-2-5-13)11-14-10-22-25-9-8-24(12-15(14)25)18-20-6-3-7-21-18/h3,6-7,10,13,16H,2,4-5,8-9,11-12H2,1H3. The van der Waals surface area contributed by atoms with Gasteiger partial charge in [-0.1, -0.05) is 6.42 Å². The summed E-state index contributed by atoms with van der Waals surface area (Å²) in [5.74, 6) is 0.162. The molecule has 2 aromatic heterocycles. The molecule has 1 amide bonds. The summed E-state index contributed by atoms with van der Waals surface area (Å²) in [6.07, 6.45) is 6.51. The minimum absolute atomic E-state index is 0.100. The molecule has 1 atom stereocenters. The van der Waals surface area contributed by atoms with Gasteiger partial charge < -0.3 is 9.80 Å². The highest BCUT2D eigenvalue weighted by atomic mass is 19.1. The van der Waals surface area contributed by atoms with Crippen LogP contribution in [-0.4, -0.2) is 50.3 Å². The van der Waals surface area contributed by atoms with Gasteiger partial charge in [-0.2, -0.15) is 5.10 Å². The molecule has 1 fully saturated rings. The Morgan fingerprint density at radius 3 is 2.81 bits per heavy atom. The van der Waals surface area contributed by atoms with Gasteiger partial charge in [0.05, 0.1) is 25.0 Å². The maximum atomic E-state index is 14.3. The molecule has 0 N–H and O–H groups in total. The van der Waals surface area contributed by atoms with Gasteiger partial charge in [-0.15, -0.1) is 0 Å². The molecule has 1 saturated carbocycles. The Balaban J connectivity index is 1.46. The lowest BCUT2D eigenvalue weighted by atomic mass is 9.81. The van der Waals surface area contributed by atoms with Crippen LogP contribution in [0.15, 0.2) is 24.7 Å². The number of hydrogen-bond acceptors (Lipinski definition) is 5. The van der Waals surface area contributed by atoms with Crippen molar-refractivity contribution >= 4 is 11.9 Å². The molecule has 138 valence electrons. The highest BCUT2D eigenvalue weighted by Crippen LogP contribution is 2.32. The van der Waals surface area contributed by atoms with Crippen LogP contribution in [0.4, 0.5) is 10.3 Å². The van der Waals surface area contributed by atoms with E-state index in [2.05, 4.69) is 20.0 Å². The molecule has 0 spiro atoms. The van der Waals surface area contributed by atoms with Crippen LogP contribution in [0.5, 0.6) is 0 Å². The Hall–Kier alpha value is -2.51. The molecule has 1 unspecified atom stereocenters. The third kappa shape index (κ3) is 3.15. The van der Waals surface area contributed by atoms with Crippen LogP contribution in [-0.2, 0) is 24.4 Å². The Morgan fingerprint density at radius 2 is 2.12 bits per heavy atom. The van der Waals surface area contributed by atoms with Crippen LogP contribution in [0.3, 0.4) is 0 Å². The fourth-order valence-electron chi connectivity index (χ4n) is 3.54. The molecule has 3 heterocycles. The Labute approximate surface area is 151 Å². The van der Waals surface area contributed by atoms with Crippen molar-refractivity contribution in [3.63, 3.8) is 0 Å². The van der Waals surface area contributed by atoms with Crippen LogP contribution >= 0.6 is 0 Å². The maximum absolute atomic E-state index is 14.3. The number of fused-ring (bicyclic) bond motifs is 1. The summed E-state index contributed by atoms with van der Waals surface area (Å²) in [6, 6.07) is 1.79. The number of alkyl halides is 1. The minimum atomic E-state index is -1.38. The molecule has 2 aliphatic rings. The van der Waals surface area contributed by atoms with E-state index in [-0.39, 0.29) is 5.92 Å². The van der Waals surface area contributed by atoms with Gasteiger partial charge in [-0.3, -0.25) is 9.48 Å². The van der Waals surface area contributed by atoms with Gasteiger partial charge in [0.15, 0.2) is 6.17 Å². The van der Waals surface area contributed by atoms with Crippen LogP contribution in [0, 0.1) is 5.92 Å². The van der Waals surface area contributed by atoms with Crippen molar-refractivity contribution in [2.24, 2.45) is 5.92 Å². The fraction of sp³-hybridized carbons (Fsp3) is 0.556. The zero-order chi connectivity index (χ0) is 18.1. The molecule has 0 aromatic carbocycles. The maximum Gasteiger partial charge on any atom is 0.257 e. The first-order valence-corrected chi connectivity index (χ1v) is 9.08. The Kier molecular flexibility index (Phi) is 4.57. The van der Waals surface area contributed by atoms with Gasteiger partial charge in [-0.05, 0) is 24.8 Å². The normalized spacial score (nSPS) is 18.2. The first kappa shape index (κ1) is 16.9. The van der Waals surface area contributed by atoms with Gasteiger partial charge in [0.25, 0.3) is 5.91 Å². The SMILES string of the molecule is CN(Cc1cnn2c1CN(c1ncccn1)CC2)C(=O)C(F)C1CCC1. The van der Waals surface area contributed by atoms with Crippen LogP contribution in [0.2, 0.25) is 0 Å². The number of carbonyl (C=O) groups is 1. The number of amides is 1. The Morgan fingerprint density at radius 1 is 1.35 bits per heavy atom. The summed E-state index contributed by atoms with van der Waals surface area (Å²) < 4.78 is 16.3. The molecule has 8 heteroatoms. The van der Waals surface area contributed by atoms with Crippen molar-refractivity contribution in [2.75, 3.05) is 18.5 Å². The summed E-state index contributed by atoms with van der Waals surface area (Å²) >= 11 is 0. The molecule has 0 radical (unpaired) electrons. The number of carbonyl (C=O) groups excluding carboxylic acids is 1. The van der Waals surface area contributed by atoms with Crippen LogP contribution in [0.25, 0.3) is 0 Å². The monoisotopic (exact) mass is 358 g/mol. The lowest BCUT2D eigenvalue weighted by Crippen LogP contribution is -2.40. The van der Waals surface area contributed by atoms with Gasteiger partial charge in [0.2, 0.25) is 5.95 Å². The Bertz CT molecular complexity index is 775. The molecule has 0 saturated heterocycles. The third-order valence-corrected chi connectivity index (χ3v) is 5.38. The summed E-state index contributed by atoms with van der Waals surface area (Å²) in [5, 5.41) is 4.42. The number of anilines is 1. The number of rotatable bonds is 5. The molecular weight excluding hydrogens is 335 g/mol. The summed E-state index contributed by atoms with van der Waals surface area (Å²) in [7, 11) is 1.67. The van der Waals surface area contributed by atoms with E-state index in [1.54, 1.807) is 31.7 Å². The van der Waals surface area contributed by atoms with Gasteiger partial charge in [0, 0.05) is 38.1 Å². The number of aromatic nitrogens is 4. The molecule has 1 aliphatic carbocycles. The zero-order valence-corrected chi connectivity index (χ0v) is 14.9. The zero-order valence-electron chi connectivity index (χ0n) is 14.9. The predicted octanol–water partition coefficient (Wildman–Crippen LogP) is 1.79. The van der Waals surface area contributed by atoms with E-state index in [1.165, 1.54) is 4.90 Å². The molecule has 7 nitrogen and oxygen atoms in total. The second-order valence-electron chi connectivity index (χ2n) is 7.10. The van der Waals surface area contributed by atoms with E-state index in [0.29, 0.717) is 19.0 Å². The quantitative estimate of drug-likeness (QED) is 0.815. The largest absolute Gasteiger partial charge is 0.339 e. The van der Waals surface area contributed by atoms with Crippen molar-refractivity contribution in [3.8, 4) is 0 Å². The summed E-state index contributed by atoms with van der Waals surface area (Å²) in [6.45, 7) is 2.51. The van der Waals surface area contributed by atoms with Crippen LogP contribution < -0.4 is 4.90 Å². The van der Waals surface area contributed by atoms with E-state index in [0.717, 1.165) is 43.6 Å². The highest BCUT2D eigenvalue weighted by Gasteiger charge is 2.34. The van der Waals surface area contributed by atoms with E-state index < -0.39 is 12.1 Å². The second-order valence-corrected chi connectivity index (χ2v) is 7.10. The average Bonchev–Trinajstić information content (AvgIpc) is 3.02. The van der Waals surface area contributed by atoms with Crippen LogP contribution in [0.1, 0.15) is 30.5 Å². The minimum Gasteiger partial charge on any atom is -0.339 e. The van der Waals surface area contributed by atoms with Gasteiger partial charge in [-0.25, -0.2) is 14.4 Å². The summed E-state index contributed by atoms with van der Waals surface area (Å²) in [4.78, 5) is 24.5. The number of halogens is 1.